The van der Waals surface area contributed by atoms with Crippen molar-refractivity contribution in [2.45, 2.75) is 5.30 Å². The maximum Gasteiger partial charge on any atom is 0.226 e. The molecule has 0 spiro atoms. The molecule has 2 heterocycles. The van der Waals surface area contributed by atoms with Crippen LogP contribution in [0, 0.1) is 0 Å². The molecule has 1 aliphatic rings. The van der Waals surface area contributed by atoms with E-state index in [1.165, 1.54) is 0 Å². The Kier molecular flexibility index (Phi) is 3.46. The van der Waals surface area contributed by atoms with E-state index in [0.29, 0.717) is 19.0 Å². The van der Waals surface area contributed by atoms with Gasteiger partial charge in [-0.3, -0.25) is 0 Å². The van der Waals surface area contributed by atoms with Gasteiger partial charge in [0.25, 0.3) is 0 Å². The van der Waals surface area contributed by atoms with E-state index in [0.717, 1.165) is 10.2 Å². The molecule has 2 rings (SSSR count). The van der Waals surface area contributed by atoms with Gasteiger partial charge < -0.3 is 9.74 Å². The Morgan fingerprint density at radius 2 is 1.88 bits per heavy atom. The minimum atomic E-state index is -1.73. The highest BCUT2D eigenvalue weighted by molar-refractivity contribution is 9.10. The summed E-state index contributed by atoms with van der Waals surface area (Å²) in [6, 6.07) is 0. The first kappa shape index (κ1) is 12.5. The van der Waals surface area contributed by atoms with E-state index in [9.17, 15) is 0 Å². The molecule has 1 saturated heterocycles. The Morgan fingerprint density at radius 3 is 2.41 bits per heavy atom. The summed E-state index contributed by atoms with van der Waals surface area (Å²) in [5.41, 5.74) is 0.780. The molecule has 5 nitrogen and oxygen atoms in total. The van der Waals surface area contributed by atoms with E-state index in [2.05, 4.69) is 35.9 Å². The van der Waals surface area contributed by atoms with Crippen molar-refractivity contribution in [1.29, 1.82) is 0 Å². The van der Waals surface area contributed by atoms with Gasteiger partial charge >= 0.3 is 0 Å². The highest BCUT2D eigenvalue weighted by Gasteiger charge is 2.25. The van der Waals surface area contributed by atoms with Gasteiger partial charge in [0.1, 0.15) is 23.5 Å². The highest BCUT2D eigenvalue weighted by atomic mass is 79.9. The molecule has 0 saturated carbocycles. The van der Waals surface area contributed by atoms with Crippen molar-refractivity contribution in [3.05, 3.63) is 16.9 Å². The lowest BCUT2D eigenvalue weighted by Gasteiger charge is -2.32. The second-order valence-electron chi connectivity index (χ2n) is 3.66. The summed E-state index contributed by atoms with van der Waals surface area (Å²) in [6.07, 6.45) is 3.36. The molecule has 0 N–H and O–H groups in total. The number of oxime groups is 1. The van der Waals surface area contributed by atoms with Crippen molar-refractivity contribution in [2.24, 2.45) is 5.16 Å². The van der Waals surface area contributed by atoms with Gasteiger partial charge in [-0.05, 0) is 15.9 Å². The minimum Gasteiger partial charge on any atom is -0.419 e. The topological polar surface area (TPSA) is 50.6 Å². The fourth-order valence-corrected chi connectivity index (χ4v) is 1.41. The molecular formula is C8H6B3BrN4O. The summed E-state index contributed by atoms with van der Waals surface area (Å²) in [7, 11) is 15.6. The molecule has 0 unspecified atom stereocenters. The molecule has 17 heavy (non-hydrogen) atoms. The monoisotopic (exact) mass is 286 g/mol. The molecule has 0 aliphatic carbocycles. The van der Waals surface area contributed by atoms with Crippen LogP contribution < -0.4 is 4.90 Å². The summed E-state index contributed by atoms with van der Waals surface area (Å²) < 4.78 is 0.832. The molecule has 0 atom stereocenters. The maximum absolute atomic E-state index is 5.21. The van der Waals surface area contributed by atoms with E-state index in [1.807, 2.05) is 4.90 Å². The molecule has 1 fully saturated rings. The number of anilines is 1. The van der Waals surface area contributed by atoms with Gasteiger partial charge in [-0.2, -0.15) is 0 Å². The van der Waals surface area contributed by atoms with Gasteiger partial charge in [-0.15, -0.1) is 0 Å². The number of rotatable bonds is 3. The highest BCUT2D eigenvalue weighted by Crippen LogP contribution is 2.16. The van der Waals surface area contributed by atoms with Crippen LogP contribution >= 0.6 is 15.9 Å². The van der Waals surface area contributed by atoms with Crippen LogP contribution in [-0.2, 0) is 4.84 Å². The van der Waals surface area contributed by atoms with Crippen LogP contribution in [0.4, 0.5) is 5.95 Å². The SMILES string of the molecule is [B]C([B])([B])ON=C1CN(c2ncc(Br)cn2)C1. The first-order valence-corrected chi connectivity index (χ1v) is 5.56. The lowest BCUT2D eigenvalue weighted by molar-refractivity contribution is 0.137. The number of nitrogens with zero attached hydrogens (tertiary/aromatic N) is 4. The largest absolute Gasteiger partial charge is 0.419 e. The van der Waals surface area contributed by atoms with E-state index in [-0.39, 0.29) is 0 Å². The quantitative estimate of drug-likeness (QED) is 0.558. The fraction of sp³-hybridized carbons (Fsp3) is 0.375. The Hall–Kier alpha value is -0.975. The summed E-state index contributed by atoms with van der Waals surface area (Å²) in [6.45, 7) is 1.13. The van der Waals surface area contributed by atoms with Gasteiger partial charge in [0.2, 0.25) is 5.95 Å². The third-order valence-electron chi connectivity index (χ3n) is 1.97. The molecule has 80 valence electrons. The standard InChI is InChI=1S/C8H6B3BrN4O/c9-8(10,11)17-15-6-3-16(4-6)7-13-1-5(12)2-14-7/h1-2H,3-4H2. The van der Waals surface area contributed by atoms with Crippen molar-refractivity contribution in [3.8, 4) is 0 Å². The normalized spacial score (nSPS) is 15.4. The summed E-state index contributed by atoms with van der Waals surface area (Å²) in [5, 5.41) is 1.99. The van der Waals surface area contributed by atoms with Crippen LogP contribution in [0.1, 0.15) is 0 Å². The van der Waals surface area contributed by atoms with Crippen LogP contribution in [0.25, 0.3) is 0 Å². The number of halogens is 1. The molecule has 9 heteroatoms. The zero-order chi connectivity index (χ0) is 12.5. The first-order chi connectivity index (χ1) is 7.94. The van der Waals surface area contributed by atoms with Gasteiger partial charge in [-0.1, -0.05) is 5.16 Å². The fourth-order valence-electron chi connectivity index (χ4n) is 1.21. The molecule has 1 aromatic heterocycles. The lowest BCUT2D eigenvalue weighted by atomic mass is 9.52. The average Bonchev–Trinajstić information content (AvgIpc) is 2.16. The van der Waals surface area contributed by atoms with E-state index in [4.69, 9.17) is 23.5 Å². The first-order valence-electron chi connectivity index (χ1n) is 4.77. The predicted molar refractivity (Wildman–Crippen MR) is 70.5 cm³/mol. The molecule has 0 aromatic carbocycles. The van der Waals surface area contributed by atoms with Crippen LogP contribution in [0.2, 0.25) is 0 Å². The predicted octanol–water partition coefficient (Wildman–Crippen LogP) is -0.452. The molecule has 1 aliphatic heterocycles. The summed E-state index contributed by atoms with van der Waals surface area (Å²) in [4.78, 5) is 14.9. The summed E-state index contributed by atoms with van der Waals surface area (Å²) >= 11 is 3.26. The second-order valence-corrected chi connectivity index (χ2v) is 4.58. The van der Waals surface area contributed by atoms with Crippen molar-refractivity contribution in [3.63, 3.8) is 0 Å². The average molecular weight is 287 g/mol. The second kappa shape index (κ2) is 4.72. The van der Waals surface area contributed by atoms with Gasteiger partial charge in [0, 0.05) is 17.7 Å². The zero-order valence-corrected chi connectivity index (χ0v) is 10.5. The van der Waals surface area contributed by atoms with E-state index in [1.54, 1.807) is 12.4 Å². The Labute approximate surface area is 111 Å². The minimum absolute atomic E-state index is 0.567. The third kappa shape index (κ3) is 3.49. The van der Waals surface area contributed by atoms with Crippen molar-refractivity contribution in [2.75, 3.05) is 18.0 Å². The van der Waals surface area contributed by atoms with E-state index < -0.39 is 5.30 Å². The molecule has 1 aromatic rings. The molecule has 6 radical (unpaired) electrons. The van der Waals surface area contributed by atoms with Crippen molar-refractivity contribution < 1.29 is 4.84 Å². The number of aromatic nitrogens is 2. The lowest BCUT2D eigenvalue weighted by Crippen LogP contribution is -2.49. The Bertz CT molecular complexity index is 425. The van der Waals surface area contributed by atoms with Crippen LogP contribution in [0.3, 0.4) is 0 Å². The zero-order valence-electron chi connectivity index (χ0n) is 8.88. The van der Waals surface area contributed by atoms with Crippen LogP contribution in [0.15, 0.2) is 22.0 Å². The summed E-state index contributed by atoms with van der Waals surface area (Å²) in [5.74, 6) is 0.631. The molecular weight excluding hydrogens is 280 g/mol. The molecule has 0 bridgehead atoms. The van der Waals surface area contributed by atoms with Crippen molar-refractivity contribution >= 4 is 51.1 Å². The van der Waals surface area contributed by atoms with Crippen LogP contribution in [0.5, 0.6) is 0 Å². The van der Waals surface area contributed by atoms with Crippen LogP contribution in [-0.4, -0.2) is 57.6 Å². The molecule has 0 amide bonds. The van der Waals surface area contributed by atoms with Crippen molar-refractivity contribution in [1.82, 2.24) is 9.97 Å². The van der Waals surface area contributed by atoms with Gasteiger partial charge in [0.05, 0.1) is 23.3 Å². The Balaban J connectivity index is 1.88. The van der Waals surface area contributed by atoms with Gasteiger partial charge in [-0.25, -0.2) is 9.97 Å². The Morgan fingerprint density at radius 1 is 1.29 bits per heavy atom. The number of hydrogen-bond donors (Lipinski definition) is 0. The smallest absolute Gasteiger partial charge is 0.226 e. The third-order valence-corrected chi connectivity index (χ3v) is 2.38. The van der Waals surface area contributed by atoms with Gasteiger partial charge in [0.15, 0.2) is 0 Å². The maximum atomic E-state index is 5.21. The number of hydrogen-bond acceptors (Lipinski definition) is 5. The van der Waals surface area contributed by atoms with E-state index >= 15 is 0 Å².